The van der Waals surface area contributed by atoms with E-state index >= 15 is 0 Å². The van der Waals surface area contributed by atoms with Gasteiger partial charge in [0.2, 0.25) is 0 Å². The van der Waals surface area contributed by atoms with Gasteiger partial charge in [0.15, 0.2) is 11.6 Å². The minimum atomic E-state index is -0.876. The molecule has 8 nitrogen and oxygen atoms in total. The van der Waals surface area contributed by atoms with E-state index < -0.39 is 29.7 Å². The molecule has 32 heavy (non-hydrogen) atoms. The summed E-state index contributed by atoms with van der Waals surface area (Å²) in [5.41, 5.74) is 0. The standard InChI is InChI=1S/C22H36O8S2/c1-14(21(2)27-5-6-28-21)18(23)15-10-32-11-16(19(15)24)20(26-13-25-3)17-12-31-9-4-22(17)29-7-8-30-22/h14-18,20,23H,4-13H2,1-3H3/t14-,15-,16+,17+,18-,20-/m1/s1. The number of hydrogen-bond acceptors (Lipinski definition) is 10. The van der Waals surface area contributed by atoms with E-state index in [1.54, 1.807) is 18.9 Å². The van der Waals surface area contributed by atoms with Crippen molar-refractivity contribution in [3.8, 4) is 0 Å². The highest BCUT2D eigenvalue weighted by atomic mass is 32.2. The van der Waals surface area contributed by atoms with Gasteiger partial charge in [-0.15, -0.1) is 0 Å². The summed E-state index contributed by atoms with van der Waals surface area (Å²) in [4.78, 5) is 13.8. The summed E-state index contributed by atoms with van der Waals surface area (Å²) in [7, 11) is 1.58. The van der Waals surface area contributed by atoms with Gasteiger partial charge in [0.05, 0.1) is 50.5 Å². The topological polar surface area (TPSA) is 92.7 Å². The van der Waals surface area contributed by atoms with Gasteiger partial charge < -0.3 is 33.5 Å². The number of carbonyl (C=O) groups is 1. The Hall–Kier alpha value is 0.0900. The Morgan fingerprint density at radius 2 is 1.72 bits per heavy atom. The molecule has 1 spiro atoms. The van der Waals surface area contributed by atoms with Crippen LogP contribution in [-0.2, 0) is 33.2 Å². The minimum absolute atomic E-state index is 0.0366. The molecule has 1 N–H and O–H groups in total. The molecular weight excluding hydrogens is 456 g/mol. The molecule has 4 heterocycles. The van der Waals surface area contributed by atoms with Crippen LogP contribution in [0.5, 0.6) is 0 Å². The average molecular weight is 493 g/mol. The van der Waals surface area contributed by atoms with Crippen molar-refractivity contribution in [2.45, 2.75) is 44.1 Å². The van der Waals surface area contributed by atoms with Crippen molar-refractivity contribution < 1.29 is 38.3 Å². The number of ketones is 1. The summed E-state index contributed by atoms with van der Waals surface area (Å²) >= 11 is 3.52. The summed E-state index contributed by atoms with van der Waals surface area (Å²) < 4.78 is 35.1. The second kappa shape index (κ2) is 10.8. The predicted molar refractivity (Wildman–Crippen MR) is 122 cm³/mol. The van der Waals surface area contributed by atoms with E-state index in [1.165, 1.54) is 0 Å². The van der Waals surface area contributed by atoms with Crippen molar-refractivity contribution >= 4 is 29.3 Å². The van der Waals surface area contributed by atoms with Crippen molar-refractivity contribution in [2.24, 2.45) is 23.7 Å². The molecule has 4 fully saturated rings. The molecule has 0 unspecified atom stereocenters. The third kappa shape index (κ3) is 4.90. The normalized spacial score (nSPS) is 35.1. The van der Waals surface area contributed by atoms with Gasteiger partial charge in [-0.2, -0.15) is 23.5 Å². The lowest BCUT2D eigenvalue weighted by Gasteiger charge is -2.46. The monoisotopic (exact) mass is 492 g/mol. The molecule has 4 aliphatic heterocycles. The summed E-state index contributed by atoms with van der Waals surface area (Å²) in [5.74, 6) is 0.130. The highest BCUT2D eigenvalue weighted by molar-refractivity contribution is 7.99. The largest absolute Gasteiger partial charge is 0.392 e. The number of carbonyl (C=O) groups excluding carboxylic acids is 1. The molecule has 0 saturated carbocycles. The Kier molecular flexibility index (Phi) is 8.49. The van der Waals surface area contributed by atoms with Crippen LogP contribution in [0.1, 0.15) is 20.3 Å². The number of hydrogen-bond donors (Lipinski definition) is 1. The number of methoxy groups -OCH3 is 1. The van der Waals surface area contributed by atoms with Crippen molar-refractivity contribution in [2.75, 3.05) is 63.3 Å². The van der Waals surface area contributed by atoms with Gasteiger partial charge in [-0.25, -0.2) is 0 Å². The minimum Gasteiger partial charge on any atom is -0.392 e. The van der Waals surface area contributed by atoms with Gasteiger partial charge in [-0.05, 0) is 12.7 Å². The Balaban J connectivity index is 1.54. The second-order valence-corrected chi connectivity index (χ2v) is 11.3. The van der Waals surface area contributed by atoms with Crippen LogP contribution in [0.25, 0.3) is 0 Å². The maximum absolute atomic E-state index is 13.8. The molecule has 4 rings (SSSR count). The third-order valence-corrected chi connectivity index (χ3v) is 9.62. The van der Waals surface area contributed by atoms with Crippen LogP contribution >= 0.6 is 23.5 Å². The molecule has 0 aromatic heterocycles. The molecule has 6 atom stereocenters. The van der Waals surface area contributed by atoms with Crippen LogP contribution in [0.15, 0.2) is 0 Å². The SMILES string of the molecule is COCO[C@H]([C@H]1CSC[C@H]([C@H](O)[C@@H](C)C2(C)OCCO2)C1=O)[C@@H]1CSCCC12OCCO2. The molecule has 0 amide bonds. The van der Waals surface area contributed by atoms with E-state index in [1.807, 2.05) is 25.6 Å². The first-order chi connectivity index (χ1) is 15.4. The van der Waals surface area contributed by atoms with Gasteiger partial charge in [0.25, 0.3) is 0 Å². The molecule has 0 bridgehead atoms. The van der Waals surface area contributed by atoms with Gasteiger partial charge in [-0.3, -0.25) is 4.79 Å². The Morgan fingerprint density at radius 3 is 2.41 bits per heavy atom. The Morgan fingerprint density at radius 1 is 1.06 bits per heavy atom. The smallest absolute Gasteiger partial charge is 0.175 e. The lowest BCUT2D eigenvalue weighted by atomic mass is 9.76. The maximum atomic E-state index is 13.8. The maximum Gasteiger partial charge on any atom is 0.175 e. The van der Waals surface area contributed by atoms with Crippen LogP contribution < -0.4 is 0 Å². The average Bonchev–Trinajstić information content (AvgIpc) is 3.45. The van der Waals surface area contributed by atoms with E-state index in [9.17, 15) is 9.90 Å². The van der Waals surface area contributed by atoms with E-state index in [0.717, 1.165) is 17.9 Å². The quantitative estimate of drug-likeness (QED) is 0.506. The van der Waals surface area contributed by atoms with Crippen molar-refractivity contribution in [1.82, 2.24) is 0 Å². The van der Waals surface area contributed by atoms with E-state index in [-0.39, 0.29) is 30.3 Å². The number of ether oxygens (including phenoxy) is 6. The first-order valence-corrected chi connectivity index (χ1v) is 13.8. The van der Waals surface area contributed by atoms with Crippen LogP contribution in [-0.4, -0.2) is 98.0 Å². The van der Waals surface area contributed by atoms with Gasteiger partial charge in [-0.1, -0.05) is 6.92 Å². The molecule has 0 radical (unpaired) electrons. The van der Waals surface area contributed by atoms with E-state index in [0.29, 0.717) is 37.9 Å². The van der Waals surface area contributed by atoms with Gasteiger partial charge in [0, 0.05) is 42.6 Å². The molecule has 10 heteroatoms. The predicted octanol–water partition coefficient (Wildman–Crippen LogP) is 1.78. The molecule has 0 aliphatic carbocycles. The fourth-order valence-corrected chi connectivity index (χ4v) is 7.96. The molecule has 0 aromatic rings. The van der Waals surface area contributed by atoms with Crippen LogP contribution in [0, 0.1) is 23.7 Å². The number of aliphatic hydroxyl groups excluding tert-OH is 1. The highest BCUT2D eigenvalue weighted by Gasteiger charge is 2.55. The number of thioether (sulfide) groups is 2. The lowest BCUT2D eigenvalue weighted by molar-refractivity contribution is -0.234. The fraction of sp³-hybridized carbons (Fsp3) is 0.955. The van der Waals surface area contributed by atoms with Crippen LogP contribution in [0.4, 0.5) is 0 Å². The van der Waals surface area contributed by atoms with Crippen molar-refractivity contribution in [3.05, 3.63) is 0 Å². The molecule has 4 aliphatic rings. The number of Topliss-reactive ketones (excluding diaryl/α,β-unsaturated/α-hetero) is 1. The zero-order valence-corrected chi connectivity index (χ0v) is 20.8. The third-order valence-electron chi connectivity index (χ3n) is 7.34. The summed E-state index contributed by atoms with van der Waals surface area (Å²) in [5, 5.41) is 11.2. The zero-order chi connectivity index (χ0) is 22.8. The van der Waals surface area contributed by atoms with Crippen LogP contribution in [0.3, 0.4) is 0 Å². The van der Waals surface area contributed by atoms with Crippen LogP contribution in [0.2, 0.25) is 0 Å². The Bertz CT molecular complexity index is 637. The fourth-order valence-electron chi connectivity index (χ4n) is 5.31. The zero-order valence-electron chi connectivity index (χ0n) is 19.2. The lowest BCUT2D eigenvalue weighted by Crippen LogP contribution is -2.57. The first-order valence-electron chi connectivity index (χ1n) is 11.5. The first kappa shape index (κ1) is 25.2. The Labute approximate surface area is 198 Å². The summed E-state index contributed by atoms with van der Waals surface area (Å²) in [6, 6.07) is 0. The van der Waals surface area contributed by atoms with E-state index in [4.69, 9.17) is 28.4 Å². The molecular formula is C22H36O8S2. The van der Waals surface area contributed by atoms with Gasteiger partial charge in [0.1, 0.15) is 12.6 Å². The number of aliphatic hydroxyl groups is 1. The molecule has 0 aromatic carbocycles. The second-order valence-electron chi connectivity index (χ2n) is 9.12. The molecule has 184 valence electrons. The number of rotatable bonds is 8. The van der Waals surface area contributed by atoms with Crippen molar-refractivity contribution in [3.63, 3.8) is 0 Å². The van der Waals surface area contributed by atoms with Crippen molar-refractivity contribution in [1.29, 1.82) is 0 Å². The van der Waals surface area contributed by atoms with Gasteiger partial charge >= 0.3 is 0 Å². The highest BCUT2D eigenvalue weighted by Crippen LogP contribution is 2.46. The summed E-state index contributed by atoms with van der Waals surface area (Å²) in [6.07, 6.45) is -0.488. The van der Waals surface area contributed by atoms with E-state index in [2.05, 4.69) is 0 Å². The molecule has 4 saturated heterocycles. The summed E-state index contributed by atoms with van der Waals surface area (Å²) in [6.45, 7) is 5.94.